The number of rotatable bonds is 5. The van der Waals surface area contributed by atoms with Crippen LogP contribution in [-0.4, -0.2) is 16.5 Å². The number of hydrogen-bond donors (Lipinski definition) is 1. The van der Waals surface area contributed by atoms with Crippen LogP contribution in [0.3, 0.4) is 0 Å². The lowest BCUT2D eigenvalue weighted by atomic mass is 10.1. The van der Waals surface area contributed by atoms with E-state index in [9.17, 15) is 0 Å². The average Bonchev–Trinajstić information content (AvgIpc) is 2.36. The molecule has 0 unspecified atom stereocenters. The summed E-state index contributed by atoms with van der Waals surface area (Å²) >= 11 is 0. The summed E-state index contributed by atoms with van der Waals surface area (Å²) in [7, 11) is 0. The molecule has 0 amide bonds. The van der Waals surface area contributed by atoms with Crippen LogP contribution in [0.2, 0.25) is 0 Å². The highest BCUT2D eigenvalue weighted by atomic mass is 14.9. The minimum Gasteiger partial charge on any atom is -0.311 e. The molecule has 0 radical (unpaired) electrons. The van der Waals surface area contributed by atoms with Crippen LogP contribution in [0.25, 0.3) is 0 Å². The summed E-state index contributed by atoms with van der Waals surface area (Å²) in [6.07, 6.45) is 6.25. The quantitative estimate of drug-likeness (QED) is 0.795. The second-order valence-electron chi connectivity index (χ2n) is 4.11. The van der Waals surface area contributed by atoms with Crippen LogP contribution in [0, 0.1) is 6.92 Å². The topological polar surface area (TPSA) is 37.8 Å². The summed E-state index contributed by atoms with van der Waals surface area (Å²) in [5.41, 5.74) is 3.67. The zero-order valence-electron chi connectivity index (χ0n) is 10.1. The predicted molar refractivity (Wildman–Crippen MR) is 68.6 cm³/mol. The lowest BCUT2D eigenvalue weighted by Crippen LogP contribution is -2.17. The van der Waals surface area contributed by atoms with Crippen molar-refractivity contribution >= 4 is 0 Å². The monoisotopic (exact) mass is 227 g/mol. The number of nitrogens with zero attached hydrogens (tertiary/aromatic N) is 2. The number of benzene rings is 1. The molecule has 3 heteroatoms. The number of aromatic nitrogens is 2. The summed E-state index contributed by atoms with van der Waals surface area (Å²) in [5, 5.41) is 3.37. The highest BCUT2D eigenvalue weighted by molar-refractivity contribution is 5.22. The third-order valence-corrected chi connectivity index (χ3v) is 2.60. The van der Waals surface area contributed by atoms with Crippen molar-refractivity contribution in [3.8, 4) is 0 Å². The van der Waals surface area contributed by atoms with E-state index in [0.29, 0.717) is 0 Å². The molecule has 0 saturated carbocycles. The summed E-state index contributed by atoms with van der Waals surface area (Å²) in [6, 6.07) is 8.62. The average molecular weight is 227 g/mol. The summed E-state index contributed by atoms with van der Waals surface area (Å²) < 4.78 is 0. The molecule has 88 valence electrons. The van der Waals surface area contributed by atoms with Gasteiger partial charge < -0.3 is 5.32 Å². The van der Waals surface area contributed by atoms with E-state index in [4.69, 9.17) is 0 Å². The molecule has 0 aliphatic heterocycles. The summed E-state index contributed by atoms with van der Waals surface area (Å²) in [4.78, 5) is 8.24. The fourth-order valence-corrected chi connectivity index (χ4v) is 1.74. The molecule has 1 aromatic carbocycles. The summed E-state index contributed by atoms with van der Waals surface area (Å²) in [5.74, 6) is 0. The van der Waals surface area contributed by atoms with Crippen LogP contribution in [0.5, 0.6) is 0 Å². The van der Waals surface area contributed by atoms with Crippen LogP contribution >= 0.6 is 0 Å². The maximum absolute atomic E-state index is 4.21. The van der Waals surface area contributed by atoms with Crippen molar-refractivity contribution in [3.05, 3.63) is 59.7 Å². The largest absolute Gasteiger partial charge is 0.311 e. The molecule has 1 heterocycles. The molecule has 1 N–H and O–H groups in total. The summed E-state index contributed by atoms with van der Waals surface area (Å²) in [6.45, 7) is 3.86. The van der Waals surface area contributed by atoms with E-state index in [1.807, 2.05) is 0 Å². The van der Waals surface area contributed by atoms with Crippen molar-refractivity contribution in [1.29, 1.82) is 0 Å². The third-order valence-electron chi connectivity index (χ3n) is 2.60. The van der Waals surface area contributed by atoms with E-state index >= 15 is 0 Å². The first-order valence-corrected chi connectivity index (χ1v) is 5.86. The Hall–Kier alpha value is -1.74. The Labute approximate surface area is 102 Å². The maximum atomic E-state index is 4.21. The fraction of sp³-hybridized carbons (Fsp3) is 0.286. The molecule has 0 spiro atoms. The van der Waals surface area contributed by atoms with E-state index in [2.05, 4.69) is 46.5 Å². The molecule has 17 heavy (non-hydrogen) atoms. The normalized spacial score (nSPS) is 10.4. The fourth-order valence-electron chi connectivity index (χ4n) is 1.74. The first-order valence-electron chi connectivity index (χ1n) is 5.86. The van der Waals surface area contributed by atoms with Gasteiger partial charge in [-0.15, -0.1) is 0 Å². The Balaban J connectivity index is 1.73. The number of nitrogens with one attached hydrogen (secondary N) is 1. The SMILES string of the molecule is Cc1cccc(CCNCc2cnccn2)c1. The first kappa shape index (κ1) is 11.7. The Bertz CT molecular complexity index is 454. The van der Waals surface area contributed by atoms with Crippen LogP contribution in [0.4, 0.5) is 0 Å². The predicted octanol–water partition coefficient (Wildman–Crippen LogP) is 2.12. The van der Waals surface area contributed by atoms with E-state index in [1.54, 1.807) is 18.6 Å². The van der Waals surface area contributed by atoms with Gasteiger partial charge in [-0.25, -0.2) is 0 Å². The van der Waals surface area contributed by atoms with Gasteiger partial charge in [-0.1, -0.05) is 29.8 Å². The molecule has 0 fully saturated rings. The minimum absolute atomic E-state index is 0.777. The minimum atomic E-state index is 0.777. The first-order chi connectivity index (χ1) is 8.34. The van der Waals surface area contributed by atoms with Crippen molar-refractivity contribution in [2.75, 3.05) is 6.54 Å². The molecule has 3 nitrogen and oxygen atoms in total. The second kappa shape index (κ2) is 6.11. The van der Waals surface area contributed by atoms with Gasteiger partial charge in [0.2, 0.25) is 0 Å². The van der Waals surface area contributed by atoms with Gasteiger partial charge in [0.25, 0.3) is 0 Å². The standard InChI is InChI=1S/C14H17N3/c1-12-3-2-4-13(9-12)5-6-15-10-14-11-16-7-8-17-14/h2-4,7-9,11,15H,5-6,10H2,1H3. The Morgan fingerprint density at radius 2 is 2.18 bits per heavy atom. The Kier molecular flexibility index (Phi) is 4.22. The van der Waals surface area contributed by atoms with Crippen LogP contribution < -0.4 is 5.32 Å². The van der Waals surface area contributed by atoms with E-state index in [0.717, 1.165) is 25.2 Å². The van der Waals surface area contributed by atoms with Crippen molar-refractivity contribution in [1.82, 2.24) is 15.3 Å². The number of hydrogen-bond acceptors (Lipinski definition) is 3. The van der Waals surface area contributed by atoms with E-state index in [1.165, 1.54) is 11.1 Å². The van der Waals surface area contributed by atoms with Crippen LogP contribution in [-0.2, 0) is 13.0 Å². The second-order valence-corrected chi connectivity index (χ2v) is 4.11. The van der Waals surface area contributed by atoms with Crippen LogP contribution in [0.1, 0.15) is 16.8 Å². The van der Waals surface area contributed by atoms with Gasteiger partial charge in [0, 0.05) is 25.1 Å². The van der Waals surface area contributed by atoms with Crippen molar-refractivity contribution < 1.29 is 0 Å². The molecule has 1 aromatic heterocycles. The molecule has 0 saturated heterocycles. The van der Waals surface area contributed by atoms with Gasteiger partial charge in [-0.05, 0) is 25.5 Å². The molecule has 0 bridgehead atoms. The molecular weight excluding hydrogens is 210 g/mol. The van der Waals surface area contributed by atoms with Crippen molar-refractivity contribution in [3.63, 3.8) is 0 Å². The van der Waals surface area contributed by atoms with Crippen molar-refractivity contribution in [2.45, 2.75) is 19.9 Å². The molecule has 0 aliphatic rings. The molecule has 0 atom stereocenters. The van der Waals surface area contributed by atoms with Gasteiger partial charge in [0.1, 0.15) is 0 Å². The lowest BCUT2D eigenvalue weighted by molar-refractivity contribution is 0.672. The van der Waals surface area contributed by atoms with Gasteiger partial charge in [0.15, 0.2) is 0 Å². The van der Waals surface area contributed by atoms with Crippen molar-refractivity contribution in [2.24, 2.45) is 0 Å². The zero-order chi connectivity index (χ0) is 11.9. The van der Waals surface area contributed by atoms with Gasteiger partial charge in [-0.3, -0.25) is 9.97 Å². The smallest absolute Gasteiger partial charge is 0.0724 e. The Morgan fingerprint density at radius 1 is 1.24 bits per heavy atom. The molecule has 2 rings (SSSR count). The highest BCUT2D eigenvalue weighted by Crippen LogP contribution is 2.03. The lowest BCUT2D eigenvalue weighted by Gasteiger charge is -2.04. The van der Waals surface area contributed by atoms with Crippen LogP contribution in [0.15, 0.2) is 42.9 Å². The highest BCUT2D eigenvalue weighted by Gasteiger charge is 1.95. The molecule has 0 aliphatic carbocycles. The molecular formula is C14H17N3. The third kappa shape index (κ3) is 3.96. The Morgan fingerprint density at radius 3 is 2.94 bits per heavy atom. The number of aryl methyl sites for hydroxylation is 1. The van der Waals surface area contributed by atoms with Gasteiger partial charge >= 0.3 is 0 Å². The maximum Gasteiger partial charge on any atom is 0.0724 e. The van der Waals surface area contributed by atoms with Gasteiger partial charge in [-0.2, -0.15) is 0 Å². The van der Waals surface area contributed by atoms with E-state index < -0.39 is 0 Å². The van der Waals surface area contributed by atoms with Gasteiger partial charge in [0.05, 0.1) is 5.69 Å². The zero-order valence-corrected chi connectivity index (χ0v) is 10.1. The molecule has 2 aromatic rings. The van der Waals surface area contributed by atoms with E-state index in [-0.39, 0.29) is 0 Å².